The molecule has 1 aromatic heterocycles. The molecule has 0 aliphatic carbocycles. The molecule has 6 heteroatoms. The predicted molar refractivity (Wildman–Crippen MR) is 57.9 cm³/mol. The van der Waals surface area contributed by atoms with E-state index < -0.39 is 0 Å². The Balaban J connectivity index is 0.000000113. The van der Waals surface area contributed by atoms with Crippen LogP contribution in [0.15, 0.2) is 32.1 Å². The summed E-state index contributed by atoms with van der Waals surface area (Å²) in [6.45, 7) is 0. The molecule has 0 saturated heterocycles. The maximum absolute atomic E-state index is 4.05. The Kier molecular flexibility index (Phi) is 2.83. The molecule has 0 aromatic carbocycles. The van der Waals surface area contributed by atoms with Crippen molar-refractivity contribution < 1.29 is 0 Å². The van der Waals surface area contributed by atoms with Gasteiger partial charge in [-0.2, -0.15) is 0 Å². The third-order valence-corrected chi connectivity index (χ3v) is 2.65. The molecule has 0 fully saturated rings. The number of thiazole rings is 1. The quantitative estimate of drug-likeness (QED) is 0.654. The standard InChI is InChI=1S/C4H3N3S.C3H3NS/c1-5-3-4(6-1)8-2-7-3;1-2-5-3-4-1/h1H,2H2;1-3H. The summed E-state index contributed by atoms with van der Waals surface area (Å²) in [6, 6.07) is 0. The summed E-state index contributed by atoms with van der Waals surface area (Å²) in [5.41, 5.74) is 1.79. The molecule has 4 nitrogen and oxygen atoms in total. The highest BCUT2D eigenvalue weighted by Crippen LogP contribution is 2.16. The van der Waals surface area contributed by atoms with E-state index in [-0.39, 0.29) is 0 Å². The molecule has 13 heavy (non-hydrogen) atoms. The molecular formula is C7H6N4S2. The second-order valence-corrected chi connectivity index (χ2v) is 3.80. The van der Waals surface area contributed by atoms with E-state index in [1.54, 1.807) is 41.1 Å². The monoisotopic (exact) mass is 210 g/mol. The smallest absolute Gasteiger partial charge is 0.182 e. The number of hydrogen-bond donors (Lipinski definition) is 0. The van der Waals surface area contributed by atoms with Crippen LogP contribution in [-0.4, -0.2) is 28.1 Å². The molecule has 1 aromatic rings. The van der Waals surface area contributed by atoms with Gasteiger partial charge in [-0.3, -0.25) is 9.98 Å². The summed E-state index contributed by atoms with van der Waals surface area (Å²) >= 11 is 3.24. The summed E-state index contributed by atoms with van der Waals surface area (Å²) in [5.74, 6) is 1.61. The Morgan fingerprint density at radius 3 is 3.00 bits per heavy atom. The molecule has 3 heterocycles. The number of rotatable bonds is 0. The molecule has 3 rings (SSSR count). The summed E-state index contributed by atoms with van der Waals surface area (Å²) in [5, 5.41) is 2.91. The highest BCUT2D eigenvalue weighted by atomic mass is 32.2. The van der Waals surface area contributed by atoms with Crippen LogP contribution in [0.1, 0.15) is 0 Å². The van der Waals surface area contributed by atoms with E-state index in [1.807, 2.05) is 5.38 Å². The Labute approximate surface area is 83.6 Å². The summed E-state index contributed by atoms with van der Waals surface area (Å²) in [4.78, 5) is 15.6. The van der Waals surface area contributed by atoms with Crippen molar-refractivity contribution in [1.82, 2.24) is 4.98 Å². The molecule has 0 amide bonds. The topological polar surface area (TPSA) is 50.0 Å². The zero-order chi connectivity index (χ0) is 8.93. The first-order valence-electron chi connectivity index (χ1n) is 3.57. The van der Waals surface area contributed by atoms with E-state index in [1.165, 1.54) is 0 Å². The van der Waals surface area contributed by atoms with Crippen LogP contribution in [0.2, 0.25) is 0 Å². The fraction of sp³-hybridized carbons (Fsp3) is 0.143. The van der Waals surface area contributed by atoms with Crippen LogP contribution in [0.5, 0.6) is 0 Å². The lowest BCUT2D eigenvalue weighted by molar-refractivity contribution is 1.39. The highest BCUT2D eigenvalue weighted by Gasteiger charge is 2.16. The van der Waals surface area contributed by atoms with Crippen LogP contribution >= 0.6 is 23.1 Å². The minimum atomic E-state index is 0.797. The van der Waals surface area contributed by atoms with Crippen molar-refractivity contribution in [1.29, 1.82) is 0 Å². The van der Waals surface area contributed by atoms with E-state index >= 15 is 0 Å². The van der Waals surface area contributed by atoms with Crippen LogP contribution in [0, 0.1) is 0 Å². The number of amidine groups is 1. The van der Waals surface area contributed by atoms with Gasteiger partial charge in [0.1, 0.15) is 11.4 Å². The van der Waals surface area contributed by atoms with Gasteiger partial charge in [-0.25, -0.2) is 9.98 Å². The van der Waals surface area contributed by atoms with Gasteiger partial charge in [0.15, 0.2) is 5.84 Å². The molecule has 0 saturated carbocycles. The normalized spacial score (nSPS) is 17.2. The SMILES string of the molecule is C1=NC2=NCSC2=N1.c1cscn1. The van der Waals surface area contributed by atoms with Gasteiger partial charge in [-0.05, 0) is 0 Å². The van der Waals surface area contributed by atoms with Crippen molar-refractivity contribution in [3.05, 3.63) is 17.1 Å². The molecule has 0 spiro atoms. The van der Waals surface area contributed by atoms with Crippen molar-refractivity contribution in [2.24, 2.45) is 15.0 Å². The van der Waals surface area contributed by atoms with Crippen LogP contribution in [-0.2, 0) is 0 Å². The maximum atomic E-state index is 4.05. The van der Waals surface area contributed by atoms with E-state index in [0.29, 0.717) is 0 Å². The van der Waals surface area contributed by atoms with Gasteiger partial charge < -0.3 is 0 Å². The molecule has 66 valence electrons. The summed E-state index contributed by atoms with van der Waals surface area (Å²) in [6.07, 6.45) is 3.31. The first-order chi connectivity index (χ1) is 6.47. The highest BCUT2D eigenvalue weighted by molar-refractivity contribution is 8.16. The fourth-order valence-electron chi connectivity index (χ4n) is 0.789. The molecule has 0 atom stereocenters. The van der Waals surface area contributed by atoms with Crippen molar-refractivity contribution in [3.63, 3.8) is 0 Å². The Hall–Kier alpha value is -1.01. The lowest BCUT2D eigenvalue weighted by Gasteiger charge is -1.79. The number of aliphatic imine (C=N–C) groups is 3. The number of hydrogen-bond acceptors (Lipinski definition) is 6. The number of nitrogens with zero attached hydrogens (tertiary/aromatic N) is 4. The second-order valence-electron chi connectivity index (χ2n) is 2.11. The fourth-order valence-corrected chi connectivity index (χ4v) is 1.82. The summed E-state index contributed by atoms with van der Waals surface area (Å²) < 4.78 is 0. The first-order valence-corrected chi connectivity index (χ1v) is 5.50. The zero-order valence-corrected chi connectivity index (χ0v) is 8.25. The van der Waals surface area contributed by atoms with Crippen LogP contribution in [0.3, 0.4) is 0 Å². The number of fused-ring (bicyclic) bond motifs is 1. The Morgan fingerprint density at radius 2 is 2.38 bits per heavy atom. The Bertz CT molecular complexity index is 335. The maximum Gasteiger partial charge on any atom is 0.182 e. The molecule has 0 bridgehead atoms. The molecule has 0 N–H and O–H groups in total. The third kappa shape index (κ3) is 2.22. The van der Waals surface area contributed by atoms with Crippen LogP contribution < -0.4 is 0 Å². The second kappa shape index (κ2) is 4.29. The molecular weight excluding hydrogens is 204 g/mol. The average molecular weight is 210 g/mol. The Morgan fingerprint density at radius 1 is 1.38 bits per heavy atom. The van der Waals surface area contributed by atoms with Crippen molar-refractivity contribution >= 4 is 40.3 Å². The zero-order valence-electron chi connectivity index (χ0n) is 6.62. The minimum absolute atomic E-state index is 0.797. The van der Waals surface area contributed by atoms with Gasteiger partial charge in [0.25, 0.3) is 0 Å². The largest absolute Gasteiger partial charge is 0.253 e. The average Bonchev–Trinajstić information content (AvgIpc) is 2.84. The molecule has 2 aliphatic heterocycles. The van der Waals surface area contributed by atoms with E-state index in [0.717, 1.165) is 16.8 Å². The van der Waals surface area contributed by atoms with Gasteiger partial charge in [0.2, 0.25) is 0 Å². The van der Waals surface area contributed by atoms with Gasteiger partial charge in [-0.15, -0.1) is 11.3 Å². The van der Waals surface area contributed by atoms with Crippen molar-refractivity contribution in [3.8, 4) is 0 Å². The molecule has 0 radical (unpaired) electrons. The molecule has 0 unspecified atom stereocenters. The van der Waals surface area contributed by atoms with Gasteiger partial charge in [0.05, 0.1) is 11.4 Å². The lowest BCUT2D eigenvalue weighted by atomic mass is 10.7. The number of aromatic nitrogens is 1. The predicted octanol–water partition coefficient (Wildman–Crippen LogP) is 1.67. The van der Waals surface area contributed by atoms with E-state index in [9.17, 15) is 0 Å². The molecule has 2 aliphatic rings. The van der Waals surface area contributed by atoms with Gasteiger partial charge in [0, 0.05) is 11.6 Å². The minimum Gasteiger partial charge on any atom is -0.253 e. The van der Waals surface area contributed by atoms with Gasteiger partial charge >= 0.3 is 0 Å². The third-order valence-electron chi connectivity index (χ3n) is 1.31. The van der Waals surface area contributed by atoms with E-state index in [4.69, 9.17) is 0 Å². The lowest BCUT2D eigenvalue weighted by Crippen LogP contribution is -1.94. The van der Waals surface area contributed by atoms with Crippen LogP contribution in [0.4, 0.5) is 0 Å². The summed E-state index contributed by atoms with van der Waals surface area (Å²) in [7, 11) is 0. The van der Waals surface area contributed by atoms with Crippen LogP contribution in [0.25, 0.3) is 0 Å². The van der Waals surface area contributed by atoms with Crippen molar-refractivity contribution in [2.75, 3.05) is 5.88 Å². The first kappa shape index (κ1) is 8.58. The van der Waals surface area contributed by atoms with Crippen molar-refractivity contribution in [2.45, 2.75) is 0 Å². The number of thioether (sulfide) groups is 1. The van der Waals surface area contributed by atoms with E-state index in [2.05, 4.69) is 20.0 Å². The van der Waals surface area contributed by atoms with Gasteiger partial charge in [-0.1, -0.05) is 11.8 Å².